The number of carbonyl (C=O) groups is 1. The van der Waals surface area contributed by atoms with Crippen LogP contribution in [0.3, 0.4) is 0 Å². The zero-order valence-electron chi connectivity index (χ0n) is 9.46. The summed E-state index contributed by atoms with van der Waals surface area (Å²) in [5.41, 5.74) is 1.85. The molecule has 1 aliphatic rings. The van der Waals surface area contributed by atoms with E-state index in [2.05, 4.69) is 18.3 Å². The molecule has 1 heterocycles. The summed E-state index contributed by atoms with van der Waals surface area (Å²) in [5, 5.41) is 12.7. The second-order valence-electron chi connectivity index (χ2n) is 4.23. The first kappa shape index (κ1) is 11.2. The van der Waals surface area contributed by atoms with Crippen LogP contribution in [-0.4, -0.2) is 5.91 Å². The molecule has 1 aromatic heterocycles. The first-order valence-electron chi connectivity index (χ1n) is 5.46. The highest BCUT2D eigenvalue weighted by atomic mass is 32.1. The number of carbonyl (C=O) groups excluding carboxylic acids is 1. The van der Waals surface area contributed by atoms with Crippen LogP contribution in [0.25, 0.3) is 0 Å². The van der Waals surface area contributed by atoms with E-state index in [0.29, 0.717) is 11.5 Å². The molecule has 0 saturated heterocycles. The molecule has 1 aromatic rings. The Bertz CT molecular complexity index is 470. The molecule has 84 valence electrons. The number of amides is 1. The average molecular weight is 234 g/mol. The fourth-order valence-corrected chi connectivity index (χ4v) is 3.63. The van der Waals surface area contributed by atoms with E-state index in [-0.39, 0.29) is 5.91 Å². The van der Waals surface area contributed by atoms with Gasteiger partial charge in [0.2, 0.25) is 5.91 Å². The Kier molecular flexibility index (Phi) is 2.97. The van der Waals surface area contributed by atoms with E-state index < -0.39 is 0 Å². The van der Waals surface area contributed by atoms with Gasteiger partial charge in [0.1, 0.15) is 11.1 Å². The lowest BCUT2D eigenvalue weighted by atomic mass is 9.87. The maximum absolute atomic E-state index is 11.1. The predicted molar refractivity (Wildman–Crippen MR) is 64.7 cm³/mol. The Morgan fingerprint density at radius 3 is 3.00 bits per heavy atom. The molecule has 2 rings (SSSR count). The Labute approximate surface area is 99.1 Å². The lowest BCUT2D eigenvalue weighted by molar-refractivity contribution is -0.114. The summed E-state index contributed by atoms with van der Waals surface area (Å²) < 4.78 is 0. The van der Waals surface area contributed by atoms with Crippen molar-refractivity contribution in [3.63, 3.8) is 0 Å². The number of nitrogens with one attached hydrogen (secondary N) is 1. The summed E-state index contributed by atoms with van der Waals surface area (Å²) in [5.74, 6) is 0.333. The van der Waals surface area contributed by atoms with Crippen molar-refractivity contribution in [1.82, 2.24) is 0 Å². The molecular formula is C12H14N2OS. The van der Waals surface area contributed by atoms with Gasteiger partial charge in [0, 0.05) is 11.8 Å². The molecule has 0 unspecified atom stereocenters. The van der Waals surface area contributed by atoms with Gasteiger partial charge in [-0.25, -0.2) is 0 Å². The van der Waals surface area contributed by atoms with Gasteiger partial charge < -0.3 is 5.32 Å². The van der Waals surface area contributed by atoms with Gasteiger partial charge in [0.05, 0.1) is 5.56 Å². The molecule has 1 aliphatic carbocycles. The molecule has 4 heteroatoms. The summed E-state index contributed by atoms with van der Waals surface area (Å²) in [6, 6.07) is 2.24. The lowest BCUT2D eigenvalue weighted by Crippen LogP contribution is -2.07. The zero-order chi connectivity index (χ0) is 11.7. The molecule has 1 atom stereocenters. The Morgan fingerprint density at radius 2 is 2.38 bits per heavy atom. The summed E-state index contributed by atoms with van der Waals surface area (Å²) >= 11 is 1.56. The molecule has 16 heavy (non-hydrogen) atoms. The van der Waals surface area contributed by atoms with E-state index in [4.69, 9.17) is 0 Å². The molecule has 0 aliphatic heterocycles. The first-order chi connectivity index (χ1) is 7.63. The number of nitriles is 1. The van der Waals surface area contributed by atoms with Crippen molar-refractivity contribution < 1.29 is 4.79 Å². The molecule has 1 amide bonds. The van der Waals surface area contributed by atoms with E-state index in [1.54, 1.807) is 11.3 Å². The number of hydrogen-bond acceptors (Lipinski definition) is 3. The van der Waals surface area contributed by atoms with Gasteiger partial charge >= 0.3 is 0 Å². The van der Waals surface area contributed by atoms with Crippen molar-refractivity contribution in [3.8, 4) is 6.07 Å². The summed E-state index contributed by atoms with van der Waals surface area (Å²) in [7, 11) is 0. The van der Waals surface area contributed by atoms with Crippen LogP contribution in [0.15, 0.2) is 0 Å². The van der Waals surface area contributed by atoms with Crippen molar-refractivity contribution in [1.29, 1.82) is 5.26 Å². The van der Waals surface area contributed by atoms with E-state index in [1.807, 2.05) is 0 Å². The van der Waals surface area contributed by atoms with E-state index in [1.165, 1.54) is 23.8 Å². The molecule has 0 saturated carbocycles. The Hall–Kier alpha value is -1.34. The molecule has 0 radical (unpaired) electrons. The average Bonchev–Trinajstić information content (AvgIpc) is 2.55. The highest BCUT2D eigenvalue weighted by molar-refractivity contribution is 7.16. The van der Waals surface area contributed by atoms with Crippen molar-refractivity contribution in [2.45, 2.75) is 39.0 Å². The number of nitrogens with zero attached hydrogens (tertiary/aromatic N) is 1. The summed E-state index contributed by atoms with van der Waals surface area (Å²) in [4.78, 5) is 12.3. The van der Waals surface area contributed by atoms with Crippen LogP contribution < -0.4 is 5.32 Å². The van der Waals surface area contributed by atoms with Gasteiger partial charge in [-0.3, -0.25) is 4.79 Å². The highest BCUT2D eigenvalue weighted by Crippen LogP contribution is 2.42. The summed E-state index contributed by atoms with van der Waals surface area (Å²) in [6.07, 6.45) is 3.36. The van der Waals surface area contributed by atoms with Crippen LogP contribution in [0.2, 0.25) is 0 Å². The number of rotatable bonds is 1. The largest absolute Gasteiger partial charge is 0.317 e. The number of aryl methyl sites for hydroxylation is 1. The third kappa shape index (κ3) is 1.83. The number of hydrogen-bond donors (Lipinski definition) is 1. The van der Waals surface area contributed by atoms with Gasteiger partial charge in [-0.2, -0.15) is 5.26 Å². The molecule has 0 bridgehead atoms. The van der Waals surface area contributed by atoms with E-state index >= 15 is 0 Å². The third-order valence-electron chi connectivity index (χ3n) is 2.96. The molecule has 3 nitrogen and oxygen atoms in total. The van der Waals surface area contributed by atoms with Gasteiger partial charge in [-0.15, -0.1) is 11.3 Å². The van der Waals surface area contributed by atoms with Gasteiger partial charge in [-0.05, 0) is 30.7 Å². The monoisotopic (exact) mass is 234 g/mol. The predicted octanol–water partition coefficient (Wildman–Crippen LogP) is 3.02. The highest BCUT2D eigenvalue weighted by Gasteiger charge is 2.25. The van der Waals surface area contributed by atoms with Crippen molar-refractivity contribution >= 4 is 22.2 Å². The number of thiophene rings is 1. The van der Waals surface area contributed by atoms with Crippen LogP contribution in [0.1, 0.15) is 48.6 Å². The second kappa shape index (κ2) is 4.26. The van der Waals surface area contributed by atoms with E-state index in [0.717, 1.165) is 17.8 Å². The molecular weight excluding hydrogens is 220 g/mol. The normalized spacial score (nSPS) is 18.7. The second-order valence-corrected chi connectivity index (χ2v) is 5.33. The molecule has 0 aromatic carbocycles. The van der Waals surface area contributed by atoms with Crippen LogP contribution in [0.4, 0.5) is 5.00 Å². The van der Waals surface area contributed by atoms with Crippen LogP contribution in [-0.2, 0) is 11.2 Å². The van der Waals surface area contributed by atoms with Gasteiger partial charge in [0.15, 0.2) is 0 Å². The minimum absolute atomic E-state index is 0.109. The quantitative estimate of drug-likeness (QED) is 0.812. The van der Waals surface area contributed by atoms with Crippen LogP contribution in [0, 0.1) is 11.3 Å². The lowest BCUT2D eigenvalue weighted by Gasteiger charge is -2.18. The van der Waals surface area contributed by atoms with Gasteiger partial charge in [0.25, 0.3) is 0 Å². The van der Waals surface area contributed by atoms with Crippen molar-refractivity contribution in [3.05, 3.63) is 16.0 Å². The minimum atomic E-state index is -0.109. The molecule has 0 spiro atoms. The number of anilines is 1. The van der Waals surface area contributed by atoms with Crippen molar-refractivity contribution in [2.75, 3.05) is 5.32 Å². The fraction of sp³-hybridized carbons (Fsp3) is 0.500. The van der Waals surface area contributed by atoms with Crippen LogP contribution >= 0.6 is 11.3 Å². The van der Waals surface area contributed by atoms with Crippen molar-refractivity contribution in [2.24, 2.45) is 0 Å². The number of fused-ring (bicyclic) bond motifs is 1. The smallest absolute Gasteiger partial charge is 0.221 e. The van der Waals surface area contributed by atoms with Crippen LogP contribution in [0.5, 0.6) is 0 Å². The third-order valence-corrected chi connectivity index (χ3v) is 4.14. The first-order valence-corrected chi connectivity index (χ1v) is 6.28. The van der Waals surface area contributed by atoms with Gasteiger partial charge in [-0.1, -0.05) is 6.92 Å². The SMILES string of the molecule is CC(=O)Nc1sc2c(c1C#N)[C@@H](C)CCC2. The maximum Gasteiger partial charge on any atom is 0.221 e. The minimum Gasteiger partial charge on any atom is -0.317 e. The Morgan fingerprint density at radius 1 is 1.62 bits per heavy atom. The standard InChI is InChI=1S/C12H14N2OS/c1-7-4-3-5-10-11(7)9(6-13)12(16-10)14-8(2)15/h7H,3-5H2,1-2H3,(H,14,15)/t7-/m0/s1. The summed E-state index contributed by atoms with van der Waals surface area (Å²) in [6.45, 7) is 3.63. The zero-order valence-corrected chi connectivity index (χ0v) is 10.3. The van der Waals surface area contributed by atoms with E-state index in [9.17, 15) is 10.1 Å². The topological polar surface area (TPSA) is 52.9 Å². The molecule has 0 fully saturated rings. The maximum atomic E-state index is 11.1. The fourth-order valence-electron chi connectivity index (χ4n) is 2.27. The Balaban J connectivity index is 2.49. The molecule has 1 N–H and O–H groups in total.